The first kappa shape index (κ1) is 24.6. The summed E-state index contributed by atoms with van der Waals surface area (Å²) in [5, 5.41) is 8.69. The highest BCUT2D eigenvalue weighted by atomic mass is 16.5. The molecule has 1 saturated carbocycles. The average Bonchev–Trinajstić information content (AvgIpc) is 2.83. The highest BCUT2D eigenvalue weighted by Crippen LogP contribution is 2.26. The van der Waals surface area contributed by atoms with Gasteiger partial charge in [-0.1, -0.05) is 43.5 Å². The monoisotopic (exact) mass is 452 g/mol. The second-order valence-corrected chi connectivity index (χ2v) is 8.75. The van der Waals surface area contributed by atoms with Gasteiger partial charge in [-0.2, -0.15) is 0 Å². The molecule has 7 heteroatoms. The van der Waals surface area contributed by atoms with E-state index in [-0.39, 0.29) is 24.9 Å². The van der Waals surface area contributed by atoms with Crippen LogP contribution in [0.15, 0.2) is 42.5 Å². The van der Waals surface area contributed by atoms with Gasteiger partial charge >= 0.3 is 0 Å². The van der Waals surface area contributed by atoms with Crippen LogP contribution in [0, 0.1) is 6.92 Å². The van der Waals surface area contributed by atoms with E-state index >= 15 is 0 Å². The van der Waals surface area contributed by atoms with Crippen LogP contribution in [0.4, 0.5) is 11.4 Å². The van der Waals surface area contributed by atoms with Gasteiger partial charge in [-0.15, -0.1) is 0 Å². The Balaban J connectivity index is 1.47. The fourth-order valence-corrected chi connectivity index (χ4v) is 4.28. The van der Waals surface area contributed by atoms with Crippen molar-refractivity contribution in [1.82, 2.24) is 10.2 Å². The molecule has 7 nitrogen and oxygen atoms in total. The van der Waals surface area contributed by atoms with Gasteiger partial charge in [0.05, 0.1) is 25.9 Å². The lowest BCUT2D eigenvalue weighted by molar-refractivity contribution is -0.122. The zero-order valence-electron chi connectivity index (χ0n) is 19.9. The summed E-state index contributed by atoms with van der Waals surface area (Å²) in [6, 6.07) is 14.3. The molecule has 0 aliphatic heterocycles. The van der Waals surface area contributed by atoms with E-state index < -0.39 is 0 Å². The minimum atomic E-state index is -0.304. The lowest BCUT2D eigenvalue weighted by atomic mass is 9.94. The molecule has 1 aliphatic rings. The number of aryl methyl sites for hydroxylation is 1. The molecule has 2 aromatic carbocycles. The number of benzene rings is 2. The zero-order valence-corrected chi connectivity index (χ0v) is 19.9. The van der Waals surface area contributed by atoms with Crippen molar-refractivity contribution in [2.24, 2.45) is 0 Å². The van der Waals surface area contributed by atoms with E-state index in [1.165, 1.54) is 37.7 Å². The van der Waals surface area contributed by atoms with Crippen LogP contribution >= 0.6 is 0 Å². The van der Waals surface area contributed by atoms with Crippen LogP contribution in [0.5, 0.6) is 5.75 Å². The van der Waals surface area contributed by atoms with E-state index in [9.17, 15) is 9.59 Å². The largest absolute Gasteiger partial charge is 0.495 e. The van der Waals surface area contributed by atoms with Gasteiger partial charge in [0.15, 0.2) is 0 Å². The highest BCUT2D eigenvalue weighted by Gasteiger charge is 2.19. The van der Waals surface area contributed by atoms with Crippen LogP contribution in [0.25, 0.3) is 0 Å². The topological polar surface area (TPSA) is 82.7 Å². The van der Waals surface area contributed by atoms with Crippen LogP contribution in [0.2, 0.25) is 0 Å². The van der Waals surface area contributed by atoms with Crippen molar-refractivity contribution in [2.45, 2.75) is 51.6 Å². The number of hydrogen-bond donors (Lipinski definition) is 3. The molecule has 0 spiro atoms. The number of anilines is 2. The van der Waals surface area contributed by atoms with E-state index in [2.05, 4.69) is 34.0 Å². The van der Waals surface area contributed by atoms with Crippen molar-refractivity contribution in [3.05, 3.63) is 53.6 Å². The third kappa shape index (κ3) is 7.49. The number of ether oxygens (including phenoxy) is 1. The number of methoxy groups -OCH3 is 1. The molecule has 0 radical (unpaired) electrons. The summed E-state index contributed by atoms with van der Waals surface area (Å²) in [6.07, 6.45) is 6.46. The average molecular weight is 453 g/mol. The van der Waals surface area contributed by atoms with E-state index in [1.807, 2.05) is 37.3 Å². The highest BCUT2D eigenvalue weighted by molar-refractivity contribution is 5.96. The molecule has 33 heavy (non-hydrogen) atoms. The van der Waals surface area contributed by atoms with E-state index in [0.29, 0.717) is 17.5 Å². The molecule has 2 amide bonds. The summed E-state index contributed by atoms with van der Waals surface area (Å²) >= 11 is 0. The van der Waals surface area contributed by atoms with Crippen molar-refractivity contribution in [3.8, 4) is 5.75 Å². The normalized spacial score (nSPS) is 14.1. The lowest BCUT2D eigenvalue weighted by Crippen LogP contribution is -2.36. The maximum absolute atomic E-state index is 12.3. The number of carbonyl (C=O) groups is 2. The van der Waals surface area contributed by atoms with Crippen molar-refractivity contribution in [3.63, 3.8) is 0 Å². The molecule has 178 valence electrons. The summed E-state index contributed by atoms with van der Waals surface area (Å²) in [6.45, 7) is 2.78. The lowest BCUT2D eigenvalue weighted by Gasteiger charge is -2.31. The molecule has 0 bridgehead atoms. The molecule has 0 atom stereocenters. The number of hydrogen-bond acceptors (Lipinski definition) is 5. The molecule has 1 aliphatic carbocycles. The minimum Gasteiger partial charge on any atom is -0.495 e. The second kappa shape index (κ2) is 12.3. The second-order valence-electron chi connectivity index (χ2n) is 8.75. The maximum Gasteiger partial charge on any atom is 0.243 e. The molecule has 0 unspecified atom stereocenters. The Labute approximate surface area is 196 Å². The molecular formula is C26H36N4O3. The minimum absolute atomic E-state index is 0.102. The Hall–Kier alpha value is -3.06. The first-order valence-electron chi connectivity index (χ1n) is 11.7. The molecule has 3 N–H and O–H groups in total. The standard InChI is InChI=1S/C26H36N4O3/c1-19-13-14-24(33-3)23(15-19)29-26(32)17-28-25(31)16-27-22-12-8-7-9-20(22)18-30(2)21-10-5-4-6-11-21/h7-9,12-15,21,27H,4-6,10-11,16-18H2,1-3H3,(H,28,31)(H,29,32). The van der Waals surface area contributed by atoms with Crippen LogP contribution in [0.3, 0.4) is 0 Å². The smallest absolute Gasteiger partial charge is 0.243 e. The Morgan fingerprint density at radius 3 is 2.52 bits per heavy atom. The van der Waals surface area contributed by atoms with Crippen LogP contribution in [-0.2, 0) is 16.1 Å². The summed E-state index contributed by atoms with van der Waals surface area (Å²) in [5.41, 5.74) is 3.71. The van der Waals surface area contributed by atoms with Crippen molar-refractivity contribution >= 4 is 23.2 Å². The molecule has 0 heterocycles. The van der Waals surface area contributed by atoms with E-state index in [0.717, 1.165) is 17.8 Å². The Morgan fingerprint density at radius 1 is 1.00 bits per heavy atom. The van der Waals surface area contributed by atoms with Gasteiger partial charge in [0.2, 0.25) is 11.8 Å². The first-order valence-corrected chi connectivity index (χ1v) is 11.7. The third-order valence-corrected chi connectivity index (χ3v) is 6.15. The van der Waals surface area contributed by atoms with Gasteiger partial charge in [-0.25, -0.2) is 0 Å². The van der Waals surface area contributed by atoms with Crippen LogP contribution in [-0.4, -0.2) is 50.0 Å². The SMILES string of the molecule is COc1ccc(C)cc1NC(=O)CNC(=O)CNc1ccccc1CN(C)C1CCCCC1. The number of amides is 2. The summed E-state index contributed by atoms with van der Waals surface area (Å²) in [7, 11) is 3.74. The Bertz CT molecular complexity index is 941. The van der Waals surface area contributed by atoms with Gasteiger partial charge in [0, 0.05) is 18.3 Å². The Morgan fingerprint density at radius 2 is 1.76 bits per heavy atom. The molecule has 2 aromatic rings. The quantitative estimate of drug-likeness (QED) is 0.509. The van der Waals surface area contributed by atoms with E-state index in [1.54, 1.807) is 13.2 Å². The third-order valence-electron chi connectivity index (χ3n) is 6.15. The molecule has 0 saturated heterocycles. The predicted octanol–water partition coefficient (Wildman–Crippen LogP) is 3.93. The van der Waals surface area contributed by atoms with Crippen LogP contribution < -0.4 is 20.7 Å². The summed E-state index contributed by atoms with van der Waals surface area (Å²) < 4.78 is 5.28. The fraction of sp³-hybridized carbons (Fsp3) is 0.462. The number of para-hydroxylation sites is 1. The number of nitrogens with zero attached hydrogens (tertiary/aromatic N) is 1. The number of carbonyl (C=O) groups excluding carboxylic acids is 2. The van der Waals surface area contributed by atoms with E-state index in [4.69, 9.17) is 4.74 Å². The van der Waals surface area contributed by atoms with Gasteiger partial charge < -0.3 is 20.7 Å². The molecule has 1 fully saturated rings. The maximum atomic E-state index is 12.3. The summed E-state index contributed by atoms with van der Waals surface area (Å²) in [4.78, 5) is 27.1. The van der Waals surface area contributed by atoms with Gasteiger partial charge in [0.25, 0.3) is 0 Å². The zero-order chi connectivity index (χ0) is 23.6. The summed E-state index contributed by atoms with van der Waals surface area (Å²) in [5.74, 6) is 0.0373. The van der Waals surface area contributed by atoms with Crippen molar-refractivity contribution < 1.29 is 14.3 Å². The van der Waals surface area contributed by atoms with Gasteiger partial charge in [-0.3, -0.25) is 14.5 Å². The predicted molar refractivity (Wildman–Crippen MR) is 133 cm³/mol. The van der Waals surface area contributed by atoms with Crippen LogP contribution in [0.1, 0.15) is 43.2 Å². The van der Waals surface area contributed by atoms with Gasteiger partial charge in [-0.05, 0) is 56.1 Å². The molecule has 3 rings (SSSR count). The van der Waals surface area contributed by atoms with Crippen molar-refractivity contribution in [1.29, 1.82) is 0 Å². The van der Waals surface area contributed by atoms with Crippen molar-refractivity contribution in [2.75, 3.05) is 37.9 Å². The van der Waals surface area contributed by atoms with Gasteiger partial charge in [0.1, 0.15) is 5.75 Å². The first-order chi connectivity index (χ1) is 16.0. The number of rotatable bonds is 10. The Kier molecular flexibility index (Phi) is 9.13. The number of nitrogens with one attached hydrogen (secondary N) is 3. The molecule has 0 aromatic heterocycles. The fourth-order valence-electron chi connectivity index (χ4n) is 4.28. The molecular weight excluding hydrogens is 416 g/mol.